The molecule has 0 aromatic carbocycles. The highest BCUT2D eigenvalue weighted by atomic mass is 79.9. The number of methoxy groups -OCH3 is 1. The van der Waals surface area contributed by atoms with Crippen LogP contribution in [-0.4, -0.2) is 36.3 Å². The second kappa shape index (κ2) is 6.89. The maximum atomic E-state index is 8.94. The fourth-order valence-electron chi connectivity index (χ4n) is 2.57. The number of hydrogen-bond donors (Lipinski definition) is 1. The summed E-state index contributed by atoms with van der Waals surface area (Å²) in [7, 11) is 1.71. The van der Waals surface area contributed by atoms with Crippen LogP contribution in [0.15, 0.2) is 10.5 Å². The smallest absolute Gasteiger partial charge is 0.188 e. The van der Waals surface area contributed by atoms with Crippen molar-refractivity contribution in [1.82, 2.24) is 4.90 Å². The van der Waals surface area contributed by atoms with Gasteiger partial charge in [-0.05, 0) is 54.2 Å². The van der Waals surface area contributed by atoms with Crippen LogP contribution in [0, 0.1) is 0 Å². The van der Waals surface area contributed by atoms with E-state index in [0.29, 0.717) is 12.6 Å². The highest BCUT2D eigenvalue weighted by molar-refractivity contribution is 9.10. The number of thiophene rings is 1. The molecule has 1 saturated heterocycles. The molecule has 1 aromatic heterocycles. The van der Waals surface area contributed by atoms with Gasteiger partial charge in [-0.25, -0.2) is 0 Å². The van der Waals surface area contributed by atoms with Gasteiger partial charge in [-0.15, -0.1) is 11.3 Å². The third-order valence-electron chi connectivity index (χ3n) is 3.45. The molecule has 2 heterocycles. The molecule has 0 spiro atoms. The van der Waals surface area contributed by atoms with Crippen molar-refractivity contribution < 1.29 is 9.84 Å². The van der Waals surface area contributed by atoms with Crippen molar-refractivity contribution in [1.29, 1.82) is 0 Å². The molecular weight excluding hydrogens is 314 g/mol. The monoisotopic (exact) mass is 333 g/mol. The lowest BCUT2D eigenvalue weighted by Gasteiger charge is -2.23. The first kappa shape index (κ1) is 14.3. The van der Waals surface area contributed by atoms with E-state index in [2.05, 4.69) is 26.9 Å². The van der Waals surface area contributed by atoms with Crippen molar-refractivity contribution in [2.24, 2.45) is 0 Å². The number of nitrogens with zero attached hydrogens (tertiary/aromatic N) is 1. The van der Waals surface area contributed by atoms with E-state index in [-0.39, 0.29) is 0 Å². The fourth-order valence-corrected chi connectivity index (χ4v) is 4.29. The number of hydrogen-bond acceptors (Lipinski definition) is 4. The molecule has 1 fully saturated rings. The molecule has 0 aliphatic carbocycles. The Morgan fingerprint density at radius 2 is 2.44 bits per heavy atom. The van der Waals surface area contributed by atoms with Crippen molar-refractivity contribution >= 4 is 27.3 Å². The average molecular weight is 334 g/mol. The molecule has 0 saturated carbocycles. The summed E-state index contributed by atoms with van der Waals surface area (Å²) in [4.78, 5) is 3.88. The van der Waals surface area contributed by atoms with Gasteiger partial charge in [0.1, 0.15) is 0 Å². The van der Waals surface area contributed by atoms with E-state index in [4.69, 9.17) is 9.84 Å². The van der Waals surface area contributed by atoms with Crippen molar-refractivity contribution in [3.8, 4) is 5.06 Å². The summed E-state index contributed by atoms with van der Waals surface area (Å²) in [6, 6.07) is 2.80. The van der Waals surface area contributed by atoms with Gasteiger partial charge < -0.3 is 9.84 Å². The van der Waals surface area contributed by atoms with Gasteiger partial charge in [0.05, 0.1) is 11.6 Å². The van der Waals surface area contributed by atoms with Gasteiger partial charge in [0.15, 0.2) is 5.06 Å². The predicted molar refractivity (Wildman–Crippen MR) is 78.3 cm³/mol. The molecule has 5 heteroatoms. The Hall–Kier alpha value is -0.100. The minimum Gasteiger partial charge on any atom is -0.486 e. The zero-order valence-corrected chi connectivity index (χ0v) is 13.1. The van der Waals surface area contributed by atoms with Crippen LogP contribution in [0.2, 0.25) is 0 Å². The van der Waals surface area contributed by atoms with Crippen molar-refractivity contribution in [2.45, 2.75) is 38.3 Å². The maximum Gasteiger partial charge on any atom is 0.188 e. The van der Waals surface area contributed by atoms with Crippen LogP contribution in [0.5, 0.6) is 5.06 Å². The van der Waals surface area contributed by atoms with Crippen LogP contribution >= 0.6 is 27.3 Å². The van der Waals surface area contributed by atoms with Crippen molar-refractivity contribution in [2.75, 3.05) is 20.3 Å². The Balaban J connectivity index is 1.94. The van der Waals surface area contributed by atoms with E-state index in [1.807, 2.05) is 0 Å². The summed E-state index contributed by atoms with van der Waals surface area (Å²) in [6.45, 7) is 2.49. The second-order valence-corrected chi connectivity index (χ2v) is 6.64. The van der Waals surface area contributed by atoms with Crippen LogP contribution in [0.4, 0.5) is 0 Å². The van der Waals surface area contributed by atoms with Gasteiger partial charge in [-0.2, -0.15) is 0 Å². The molecule has 1 aromatic rings. The fraction of sp³-hybridized carbons (Fsp3) is 0.692. The lowest BCUT2D eigenvalue weighted by molar-refractivity contribution is 0.211. The largest absolute Gasteiger partial charge is 0.486 e. The number of likely N-dealkylation sites (tertiary alicyclic amines) is 1. The summed E-state index contributed by atoms with van der Waals surface area (Å²) < 4.78 is 6.35. The highest BCUT2D eigenvalue weighted by Crippen LogP contribution is 2.36. The van der Waals surface area contributed by atoms with Crippen LogP contribution in [0.3, 0.4) is 0 Å². The third kappa shape index (κ3) is 3.47. The molecule has 1 N–H and O–H groups in total. The molecule has 102 valence electrons. The van der Waals surface area contributed by atoms with Gasteiger partial charge in [0.2, 0.25) is 0 Å². The zero-order chi connectivity index (χ0) is 13.0. The van der Waals surface area contributed by atoms with E-state index >= 15 is 0 Å². The van der Waals surface area contributed by atoms with E-state index in [0.717, 1.165) is 28.9 Å². The molecule has 1 aliphatic heterocycles. The Morgan fingerprint density at radius 1 is 1.61 bits per heavy atom. The lowest BCUT2D eigenvalue weighted by Crippen LogP contribution is -2.28. The number of halogens is 1. The van der Waals surface area contributed by atoms with Crippen molar-refractivity contribution in [3.05, 3.63) is 15.4 Å². The summed E-state index contributed by atoms with van der Waals surface area (Å²) in [5.41, 5.74) is 0. The van der Waals surface area contributed by atoms with Gasteiger partial charge in [-0.1, -0.05) is 0 Å². The van der Waals surface area contributed by atoms with Crippen LogP contribution in [-0.2, 0) is 6.54 Å². The van der Waals surface area contributed by atoms with E-state index < -0.39 is 0 Å². The predicted octanol–water partition coefficient (Wildman–Crippen LogP) is 3.26. The Bertz CT molecular complexity index is 383. The van der Waals surface area contributed by atoms with Crippen LogP contribution in [0.1, 0.15) is 30.6 Å². The summed E-state index contributed by atoms with van der Waals surface area (Å²) in [5.74, 6) is 0. The first-order valence-electron chi connectivity index (χ1n) is 6.41. The minimum atomic E-state index is 0.308. The first-order valence-corrected chi connectivity index (χ1v) is 8.02. The molecule has 1 unspecified atom stereocenters. The van der Waals surface area contributed by atoms with Gasteiger partial charge in [0.25, 0.3) is 0 Å². The molecule has 1 atom stereocenters. The first-order chi connectivity index (χ1) is 8.74. The highest BCUT2D eigenvalue weighted by Gasteiger charge is 2.24. The third-order valence-corrected chi connectivity index (χ3v) is 5.38. The molecule has 1 aliphatic rings. The quantitative estimate of drug-likeness (QED) is 0.867. The van der Waals surface area contributed by atoms with Gasteiger partial charge >= 0.3 is 0 Å². The van der Waals surface area contributed by atoms with E-state index in [9.17, 15) is 0 Å². The Morgan fingerprint density at radius 3 is 3.11 bits per heavy atom. The lowest BCUT2D eigenvalue weighted by atomic mass is 10.1. The van der Waals surface area contributed by atoms with E-state index in [1.165, 1.54) is 24.3 Å². The van der Waals surface area contributed by atoms with Gasteiger partial charge in [0, 0.05) is 24.1 Å². The standard InChI is InChI=1S/C13H20BrNO2S/c1-17-13-12(14)8-11(18-13)9-15-6-2-4-10(15)5-3-7-16/h8,10,16H,2-7,9H2,1H3. The van der Waals surface area contributed by atoms with Crippen LogP contribution in [0.25, 0.3) is 0 Å². The molecule has 18 heavy (non-hydrogen) atoms. The van der Waals surface area contributed by atoms with Crippen LogP contribution < -0.4 is 4.74 Å². The molecule has 2 rings (SSSR count). The Kier molecular flexibility index (Phi) is 5.48. The molecular formula is C13H20BrNO2S. The SMILES string of the molecule is COc1sc(CN2CCCC2CCCO)cc1Br. The number of rotatable bonds is 6. The number of aliphatic hydroxyl groups excluding tert-OH is 1. The molecule has 3 nitrogen and oxygen atoms in total. The maximum absolute atomic E-state index is 8.94. The zero-order valence-electron chi connectivity index (χ0n) is 10.7. The normalized spacial score (nSPS) is 20.5. The summed E-state index contributed by atoms with van der Waals surface area (Å²) in [6.07, 6.45) is 4.57. The number of aliphatic hydroxyl groups is 1. The average Bonchev–Trinajstić information content (AvgIpc) is 2.94. The summed E-state index contributed by atoms with van der Waals surface area (Å²) >= 11 is 5.23. The molecule has 0 amide bonds. The molecule has 0 bridgehead atoms. The minimum absolute atomic E-state index is 0.308. The van der Waals surface area contributed by atoms with Crippen molar-refractivity contribution in [3.63, 3.8) is 0 Å². The number of ether oxygens (including phenoxy) is 1. The van der Waals surface area contributed by atoms with E-state index in [1.54, 1.807) is 18.4 Å². The molecule has 0 radical (unpaired) electrons. The topological polar surface area (TPSA) is 32.7 Å². The summed E-state index contributed by atoms with van der Waals surface area (Å²) in [5, 5.41) is 9.89. The van der Waals surface area contributed by atoms with Gasteiger partial charge in [-0.3, -0.25) is 4.90 Å². The second-order valence-electron chi connectivity index (χ2n) is 4.68. The Labute approximate surface area is 121 Å².